The van der Waals surface area contributed by atoms with E-state index in [1.54, 1.807) is 6.07 Å². The summed E-state index contributed by atoms with van der Waals surface area (Å²) >= 11 is 12.7. The van der Waals surface area contributed by atoms with E-state index in [9.17, 15) is 4.57 Å². The molecule has 0 radical (unpaired) electrons. The Labute approximate surface area is 175 Å². The van der Waals surface area contributed by atoms with Crippen LogP contribution in [0.1, 0.15) is 34.6 Å². The van der Waals surface area contributed by atoms with Crippen LogP contribution in [0.4, 0.5) is 0 Å². The van der Waals surface area contributed by atoms with Crippen molar-refractivity contribution in [3.05, 3.63) is 68.7 Å². The van der Waals surface area contributed by atoms with E-state index < -0.39 is 7.60 Å². The van der Waals surface area contributed by atoms with Gasteiger partial charge in [-0.25, -0.2) is 0 Å². The van der Waals surface area contributed by atoms with Crippen LogP contribution in [-0.4, -0.2) is 41.0 Å². The number of likely N-dealkylation sites (N-methyl/N-ethyl adjacent to an activating group) is 1. The molecule has 0 fully saturated rings. The predicted octanol–water partition coefficient (Wildman–Crippen LogP) is 4.23. The van der Waals surface area contributed by atoms with Crippen molar-refractivity contribution >= 4 is 30.8 Å². The topological polar surface area (TPSA) is 72.8 Å². The third-order valence-electron chi connectivity index (χ3n) is 4.98. The summed E-state index contributed by atoms with van der Waals surface area (Å²) in [6.07, 6.45) is 0.356. The zero-order valence-corrected chi connectivity index (χ0v) is 18.1. The van der Waals surface area contributed by atoms with Crippen molar-refractivity contribution in [1.82, 2.24) is 10.2 Å². The summed E-state index contributed by atoms with van der Waals surface area (Å²) in [5, 5.41) is 4.62. The molecule has 28 heavy (non-hydrogen) atoms. The van der Waals surface area contributed by atoms with E-state index >= 15 is 0 Å². The van der Waals surface area contributed by atoms with E-state index in [0.29, 0.717) is 29.6 Å². The van der Waals surface area contributed by atoms with Crippen molar-refractivity contribution in [3.63, 3.8) is 0 Å². The molecule has 0 saturated carbocycles. The molecule has 1 aliphatic rings. The van der Waals surface area contributed by atoms with Gasteiger partial charge < -0.3 is 20.0 Å². The molecule has 0 aromatic heterocycles. The molecular weight excluding hydrogens is 418 g/mol. The highest BCUT2D eigenvalue weighted by Gasteiger charge is 2.27. The standard InChI is InChI=1S/C20H25Cl2N2O3P/c1-24-12-18(17-9-16(21)10-20(22)19(17)13-24)15-5-2-4-14(8-15)11-23-6-3-7-28(25,26)27/h2,4-5,8-10,18,23H,3,6-7,11-13H2,1H3,(H2,25,26,27). The van der Waals surface area contributed by atoms with E-state index in [0.717, 1.165) is 24.2 Å². The Hall–Kier alpha value is -0.910. The largest absolute Gasteiger partial charge is 0.325 e. The molecule has 0 amide bonds. The SMILES string of the molecule is CN1Cc2c(Cl)cc(Cl)cc2C(c2cccc(CNCCCP(=O)(O)O)c2)C1. The van der Waals surface area contributed by atoms with Gasteiger partial charge in [0.05, 0.1) is 6.16 Å². The Morgan fingerprint density at radius 3 is 2.79 bits per heavy atom. The summed E-state index contributed by atoms with van der Waals surface area (Å²) in [6.45, 7) is 2.92. The summed E-state index contributed by atoms with van der Waals surface area (Å²) in [5.41, 5.74) is 4.66. The highest BCUT2D eigenvalue weighted by molar-refractivity contribution is 7.51. The third kappa shape index (κ3) is 5.80. The van der Waals surface area contributed by atoms with Crippen LogP contribution in [0.15, 0.2) is 36.4 Å². The molecule has 5 nitrogen and oxygen atoms in total. The molecule has 3 N–H and O–H groups in total. The summed E-state index contributed by atoms with van der Waals surface area (Å²) < 4.78 is 10.9. The van der Waals surface area contributed by atoms with Crippen molar-refractivity contribution in [2.45, 2.75) is 25.4 Å². The number of nitrogens with one attached hydrogen (secondary N) is 1. The second-order valence-corrected chi connectivity index (χ2v) is 9.99. The number of rotatable bonds is 7. The Kier molecular flexibility index (Phi) is 7.21. The van der Waals surface area contributed by atoms with Gasteiger partial charge in [0.2, 0.25) is 0 Å². The van der Waals surface area contributed by atoms with Gasteiger partial charge in [-0.15, -0.1) is 0 Å². The number of nitrogens with zero attached hydrogens (tertiary/aromatic N) is 1. The summed E-state index contributed by atoms with van der Waals surface area (Å²) in [5.74, 6) is 0.194. The highest BCUT2D eigenvalue weighted by Crippen LogP contribution is 2.38. The molecule has 0 spiro atoms. The van der Waals surface area contributed by atoms with Gasteiger partial charge in [0, 0.05) is 35.6 Å². The quantitative estimate of drug-likeness (QED) is 0.442. The third-order valence-corrected chi connectivity index (χ3v) is 6.43. The zero-order valence-electron chi connectivity index (χ0n) is 15.7. The van der Waals surface area contributed by atoms with Crippen molar-refractivity contribution in [1.29, 1.82) is 0 Å². The van der Waals surface area contributed by atoms with E-state index in [2.05, 4.69) is 35.5 Å². The average molecular weight is 443 g/mol. The first kappa shape index (κ1) is 21.8. The number of halogens is 2. The molecule has 0 saturated heterocycles. The first-order chi connectivity index (χ1) is 13.2. The fourth-order valence-electron chi connectivity index (χ4n) is 3.69. The molecule has 8 heteroatoms. The zero-order chi connectivity index (χ0) is 20.3. The van der Waals surface area contributed by atoms with Crippen LogP contribution in [-0.2, 0) is 17.7 Å². The lowest BCUT2D eigenvalue weighted by molar-refractivity contribution is 0.295. The van der Waals surface area contributed by atoms with Gasteiger partial charge in [-0.1, -0.05) is 47.5 Å². The van der Waals surface area contributed by atoms with Gasteiger partial charge in [-0.3, -0.25) is 4.57 Å². The van der Waals surface area contributed by atoms with Crippen LogP contribution < -0.4 is 5.32 Å². The minimum absolute atomic E-state index is 0.0905. The highest BCUT2D eigenvalue weighted by atomic mass is 35.5. The fourth-order valence-corrected chi connectivity index (χ4v) is 4.83. The molecule has 2 aromatic rings. The van der Waals surface area contributed by atoms with Gasteiger partial charge in [-0.2, -0.15) is 0 Å². The summed E-state index contributed by atoms with van der Waals surface area (Å²) in [4.78, 5) is 20.1. The Bertz CT molecular complexity index is 888. The molecule has 0 aliphatic carbocycles. The molecule has 1 heterocycles. The Morgan fingerprint density at radius 2 is 2.04 bits per heavy atom. The van der Waals surface area contributed by atoms with E-state index in [-0.39, 0.29) is 12.1 Å². The molecule has 1 aliphatic heterocycles. The van der Waals surface area contributed by atoms with Gasteiger partial charge in [0.15, 0.2) is 0 Å². The molecular formula is C20H25Cl2N2O3P. The number of hydrogen-bond acceptors (Lipinski definition) is 3. The Morgan fingerprint density at radius 1 is 1.25 bits per heavy atom. The van der Waals surface area contributed by atoms with Crippen LogP contribution in [0.2, 0.25) is 10.0 Å². The lowest BCUT2D eigenvalue weighted by Gasteiger charge is -2.33. The molecule has 2 aromatic carbocycles. The van der Waals surface area contributed by atoms with Crippen molar-refractivity contribution in [2.24, 2.45) is 0 Å². The fraction of sp³-hybridized carbons (Fsp3) is 0.400. The minimum atomic E-state index is -3.92. The predicted molar refractivity (Wildman–Crippen MR) is 114 cm³/mol. The maximum absolute atomic E-state index is 10.9. The van der Waals surface area contributed by atoms with E-state index in [4.69, 9.17) is 33.0 Å². The van der Waals surface area contributed by atoms with Gasteiger partial charge in [0.1, 0.15) is 0 Å². The average Bonchev–Trinajstić information content (AvgIpc) is 2.61. The van der Waals surface area contributed by atoms with Gasteiger partial charge in [-0.05, 0) is 54.4 Å². The van der Waals surface area contributed by atoms with Crippen LogP contribution >= 0.6 is 30.8 Å². The molecule has 3 rings (SSSR count). The van der Waals surface area contributed by atoms with Crippen LogP contribution in [0, 0.1) is 0 Å². The van der Waals surface area contributed by atoms with Crippen molar-refractivity contribution in [2.75, 3.05) is 26.3 Å². The second kappa shape index (κ2) is 9.27. The monoisotopic (exact) mass is 442 g/mol. The number of fused-ring (bicyclic) bond motifs is 1. The lowest BCUT2D eigenvalue weighted by Crippen LogP contribution is -2.31. The van der Waals surface area contributed by atoms with E-state index in [1.807, 2.05) is 12.1 Å². The maximum atomic E-state index is 10.9. The number of benzene rings is 2. The smallest absolute Gasteiger partial charge is 0.324 e. The van der Waals surface area contributed by atoms with Crippen LogP contribution in [0.25, 0.3) is 0 Å². The first-order valence-corrected chi connectivity index (χ1v) is 11.8. The number of hydrogen-bond donors (Lipinski definition) is 3. The van der Waals surface area contributed by atoms with Crippen molar-refractivity contribution in [3.8, 4) is 0 Å². The summed E-state index contributed by atoms with van der Waals surface area (Å²) in [7, 11) is -1.83. The molecule has 1 unspecified atom stereocenters. The van der Waals surface area contributed by atoms with Crippen molar-refractivity contribution < 1.29 is 14.4 Å². The van der Waals surface area contributed by atoms with Crippen LogP contribution in [0.3, 0.4) is 0 Å². The summed E-state index contributed by atoms with van der Waals surface area (Å²) in [6, 6.07) is 12.2. The first-order valence-electron chi connectivity index (χ1n) is 9.23. The molecule has 0 bridgehead atoms. The van der Waals surface area contributed by atoms with E-state index in [1.165, 1.54) is 11.1 Å². The Balaban J connectivity index is 1.73. The molecule has 1 atom stereocenters. The lowest BCUT2D eigenvalue weighted by atomic mass is 9.84. The second-order valence-electron chi connectivity index (χ2n) is 7.37. The maximum Gasteiger partial charge on any atom is 0.325 e. The van der Waals surface area contributed by atoms with Gasteiger partial charge >= 0.3 is 7.60 Å². The minimum Gasteiger partial charge on any atom is -0.324 e. The molecule has 152 valence electrons. The van der Waals surface area contributed by atoms with Crippen LogP contribution in [0.5, 0.6) is 0 Å². The van der Waals surface area contributed by atoms with Gasteiger partial charge in [0.25, 0.3) is 0 Å². The normalized spacial score (nSPS) is 17.5.